The number of ether oxygens (including phenoxy) is 5. The summed E-state index contributed by atoms with van der Waals surface area (Å²) in [5.41, 5.74) is 5.09. The van der Waals surface area contributed by atoms with E-state index in [0.29, 0.717) is 42.3 Å². The molecule has 2 aliphatic rings. The molecule has 0 bridgehead atoms. The minimum atomic E-state index is -0.481. The number of phenolic OH excluding ortho intramolecular Hbond substituents is 1. The summed E-state index contributed by atoms with van der Waals surface area (Å²) in [4.78, 5) is 42.5. The Morgan fingerprint density at radius 3 is 2.44 bits per heavy atom. The standard InChI is InChI=1S/C49H56N6O9/c1-5-6-7-10-22-53(2)24-25-54(3)49(59)61-31-33-12-15-36(16-13-33)51-52-37-17-18-42(56)39(28-37)48(58)50-21-9-8-11-46(57)64-47-40-30-55-23-20-35-27-44-45(63-32-62-44)29-38(35)41(55)26-34(40)14-19-43(47)60-4/h12-19,26-30H,5-11,20-25,31-32H2,1-4H3,(H-,50,51,56,58)/p+1. The summed E-state index contributed by atoms with van der Waals surface area (Å²) < 4.78 is 30.4. The number of azo groups is 1. The maximum Gasteiger partial charge on any atom is 0.409 e. The van der Waals surface area contributed by atoms with E-state index in [0.717, 1.165) is 71.6 Å². The minimum absolute atomic E-state index is 0.0504. The molecule has 0 radical (unpaired) electrons. The van der Waals surface area contributed by atoms with Gasteiger partial charge in [-0.3, -0.25) is 9.59 Å². The van der Waals surface area contributed by atoms with Gasteiger partial charge in [0.1, 0.15) is 12.4 Å². The Balaban J connectivity index is 0.854. The second-order valence-electron chi connectivity index (χ2n) is 16.2. The summed E-state index contributed by atoms with van der Waals surface area (Å²) in [6.45, 7) is 5.93. The van der Waals surface area contributed by atoms with Crippen LogP contribution in [-0.2, 0) is 29.1 Å². The number of aromatic nitrogens is 1. The second kappa shape index (κ2) is 21.6. The number of likely N-dealkylation sites (N-methyl/N-ethyl adjacent to an activating group) is 2. The number of pyridine rings is 1. The zero-order valence-corrected chi connectivity index (χ0v) is 37.1. The Bertz CT molecular complexity index is 2490. The number of aromatic hydroxyl groups is 1. The molecular weight excluding hydrogens is 817 g/mol. The highest BCUT2D eigenvalue weighted by Gasteiger charge is 2.29. The van der Waals surface area contributed by atoms with Crippen molar-refractivity contribution >= 4 is 40.1 Å². The summed E-state index contributed by atoms with van der Waals surface area (Å²) in [7, 11) is 5.35. The van der Waals surface area contributed by atoms with Crippen LogP contribution in [0.5, 0.6) is 28.7 Å². The number of nitrogens with one attached hydrogen (secondary N) is 1. The van der Waals surface area contributed by atoms with Crippen molar-refractivity contribution in [1.82, 2.24) is 15.1 Å². The van der Waals surface area contributed by atoms with E-state index in [9.17, 15) is 19.5 Å². The van der Waals surface area contributed by atoms with Crippen molar-refractivity contribution in [3.63, 3.8) is 0 Å². The van der Waals surface area contributed by atoms with Crippen LogP contribution in [0.1, 0.15) is 73.4 Å². The number of hydrogen-bond donors (Lipinski definition) is 2. The smallest absolute Gasteiger partial charge is 0.409 e. The fraction of sp³-hybridized carbons (Fsp3) is 0.388. The first kappa shape index (κ1) is 45.3. The molecule has 7 rings (SSSR count). The summed E-state index contributed by atoms with van der Waals surface area (Å²) in [5.74, 6) is 1.21. The van der Waals surface area contributed by atoms with Crippen LogP contribution in [0.2, 0.25) is 0 Å². The molecule has 0 saturated heterocycles. The number of methoxy groups -OCH3 is 1. The minimum Gasteiger partial charge on any atom is -0.507 e. The van der Waals surface area contributed by atoms with Crippen LogP contribution in [0.25, 0.3) is 22.0 Å². The number of carbonyl (C=O) groups excluding carboxylic acids is 3. The van der Waals surface area contributed by atoms with Gasteiger partial charge in [0, 0.05) is 45.6 Å². The first-order valence-corrected chi connectivity index (χ1v) is 22.0. The van der Waals surface area contributed by atoms with E-state index >= 15 is 0 Å². The molecule has 15 nitrogen and oxygen atoms in total. The normalized spacial score (nSPS) is 12.6. The number of fused-ring (bicyclic) bond motifs is 5. The molecule has 64 heavy (non-hydrogen) atoms. The number of carbonyl (C=O) groups is 3. The Morgan fingerprint density at radius 1 is 0.859 bits per heavy atom. The van der Waals surface area contributed by atoms with Crippen molar-refractivity contribution in [3.05, 3.63) is 95.7 Å². The average molecular weight is 874 g/mol. The van der Waals surface area contributed by atoms with E-state index in [-0.39, 0.29) is 43.8 Å². The van der Waals surface area contributed by atoms with Crippen LogP contribution in [0.4, 0.5) is 16.2 Å². The summed E-state index contributed by atoms with van der Waals surface area (Å²) in [5, 5.41) is 23.5. The van der Waals surface area contributed by atoms with Crippen LogP contribution in [0.3, 0.4) is 0 Å². The van der Waals surface area contributed by atoms with E-state index < -0.39 is 11.9 Å². The number of esters is 1. The number of amides is 2. The summed E-state index contributed by atoms with van der Waals surface area (Å²) in [6.07, 6.45) is 8.35. The van der Waals surface area contributed by atoms with Gasteiger partial charge in [-0.15, -0.1) is 0 Å². The lowest BCUT2D eigenvalue weighted by Crippen LogP contribution is -2.40. The maximum absolute atomic E-state index is 13.1. The van der Waals surface area contributed by atoms with Gasteiger partial charge in [-0.2, -0.15) is 14.8 Å². The molecule has 1 aromatic heterocycles. The van der Waals surface area contributed by atoms with Crippen molar-refractivity contribution in [2.45, 2.75) is 71.4 Å². The zero-order chi connectivity index (χ0) is 45.0. The van der Waals surface area contributed by atoms with Gasteiger partial charge in [0.05, 0.1) is 35.0 Å². The van der Waals surface area contributed by atoms with Crippen LogP contribution >= 0.6 is 0 Å². The van der Waals surface area contributed by atoms with Crippen molar-refractivity contribution < 1.29 is 47.7 Å². The van der Waals surface area contributed by atoms with Gasteiger partial charge >= 0.3 is 12.1 Å². The molecule has 0 aliphatic carbocycles. The highest BCUT2D eigenvalue weighted by Crippen LogP contribution is 2.42. The van der Waals surface area contributed by atoms with Gasteiger partial charge in [-0.05, 0) is 104 Å². The predicted octanol–water partition coefficient (Wildman–Crippen LogP) is 8.79. The van der Waals surface area contributed by atoms with Crippen molar-refractivity contribution in [3.8, 4) is 40.0 Å². The van der Waals surface area contributed by atoms with Gasteiger partial charge in [0.2, 0.25) is 12.5 Å². The third-order valence-electron chi connectivity index (χ3n) is 11.4. The molecule has 0 fully saturated rings. The van der Waals surface area contributed by atoms with Crippen LogP contribution < -0.4 is 28.8 Å². The van der Waals surface area contributed by atoms with Gasteiger partial charge < -0.3 is 43.9 Å². The van der Waals surface area contributed by atoms with E-state index in [2.05, 4.69) is 51.1 Å². The van der Waals surface area contributed by atoms with Crippen LogP contribution in [0, 0.1) is 0 Å². The molecular formula is C49H57N6O9+. The van der Waals surface area contributed by atoms with Crippen molar-refractivity contribution in [2.75, 3.05) is 54.2 Å². The molecule has 3 heterocycles. The zero-order valence-electron chi connectivity index (χ0n) is 37.1. The molecule has 2 amide bonds. The fourth-order valence-corrected chi connectivity index (χ4v) is 7.65. The molecule has 4 aromatic carbocycles. The number of benzene rings is 4. The first-order valence-electron chi connectivity index (χ1n) is 22.0. The fourth-order valence-electron chi connectivity index (χ4n) is 7.65. The van der Waals surface area contributed by atoms with Gasteiger partial charge in [0.25, 0.3) is 5.91 Å². The SMILES string of the molecule is CCCCCCN(C)CCN(C)C(=O)OCc1ccc(/N=N/c2ccc(O)c(C(=O)NCCCCC(=O)Oc3c(OC)ccc4cc5[n+](cc34)CCc3cc4c(cc3-5)OCO4)c2)cc1. The summed E-state index contributed by atoms with van der Waals surface area (Å²) in [6, 6.07) is 21.5. The number of aryl methyl sites for hydroxylation is 2. The molecule has 15 heteroatoms. The van der Waals surface area contributed by atoms with E-state index in [1.807, 2.05) is 30.5 Å². The lowest BCUT2D eigenvalue weighted by atomic mass is 9.95. The largest absolute Gasteiger partial charge is 0.507 e. The Morgan fingerprint density at radius 2 is 1.64 bits per heavy atom. The van der Waals surface area contributed by atoms with E-state index in [1.165, 1.54) is 37.0 Å². The molecule has 0 atom stereocenters. The lowest BCUT2D eigenvalue weighted by molar-refractivity contribution is -0.686. The average Bonchev–Trinajstić information content (AvgIpc) is 3.77. The van der Waals surface area contributed by atoms with Crippen LogP contribution in [0.15, 0.2) is 89.2 Å². The molecule has 0 unspecified atom stereocenters. The third kappa shape index (κ3) is 11.4. The molecule has 336 valence electrons. The number of rotatable bonds is 20. The van der Waals surface area contributed by atoms with Crippen molar-refractivity contribution in [1.29, 1.82) is 0 Å². The highest BCUT2D eigenvalue weighted by molar-refractivity contribution is 5.97. The van der Waals surface area contributed by atoms with Crippen molar-refractivity contribution in [2.24, 2.45) is 10.2 Å². The number of nitrogens with zero attached hydrogens (tertiary/aromatic N) is 5. The highest BCUT2D eigenvalue weighted by atomic mass is 16.7. The lowest BCUT2D eigenvalue weighted by Gasteiger charge is -2.21. The second-order valence-corrected chi connectivity index (χ2v) is 16.2. The molecule has 2 N–H and O–H groups in total. The Kier molecular flexibility index (Phi) is 15.3. The monoisotopic (exact) mass is 873 g/mol. The maximum atomic E-state index is 13.1. The first-order chi connectivity index (χ1) is 31.1. The topological polar surface area (TPSA) is 165 Å². The van der Waals surface area contributed by atoms with Gasteiger partial charge in [0.15, 0.2) is 35.7 Å². The predicted molar refractivity (Wildman–Crippen MR) is 241 cm³/mol. The Hall–Kier alpha value is -6.74. The number of hydrogen-bond acceptors (Lipinski definition) is 12. The molecule has 0 spiro atoms. The molecule has 5 aromatic rings. The molecule has 2 aliphatic heterocycles. The van der Waals surface area contributed by atoms with Crippen LogP contribution in [-0.4, -0.2) is 87.1 Å². The van der Waals surface area contributed by atoms with Gasteiger partial charge in [-0.1, -0.05) is 38.3 Å². The quantitative estimate of drug-likeness (QED) is 0.0254. The number of phenols is 1. The number of unbranched alkanes of at least 4 members (excludes halogenated alkanes) is 4. The molecule has 0 saturated carbocycles. The Labute approximate surface area is 373 Å². The third-order valence-corrected chi connectivity index (χ3v) is 11.4. The van der Waals surface area contributed by atoms with E-state index in [1.54, 1.807) is 43.3 Å². The van der Waals surface area contributed by atoms with Gasteiger partial charge in [-0.25, -0.2) is 4.79 Å². The van der Waals surface area contributed by atoms with E-state index in [4.69, 9.17) is 23.7 Å². The summed E-state index contributed by atoms with van der Waals surface area (Å²) >= 11 is 0.